The average molecular weight is 545 g/mol. The molecule has 2 unspecified atom stereocenters. The minimum Gasteiger partial charge on any atom is -0.334 e. The molecule has 0 fully saturated rings. The number of rotatable bonds is 3. The highest BCUT2D eigenvalue weighted by Crippen LogP contribution is 2.43. The predicted octanol–water partition coefficient (Wildman–Crippen LogP) is 9.00. The van der Waals surface area contributed by atoms with Crippen molar-refractivity contribution in [2.75, 3.05) is 4.90 Å². The summed E-state index contributed by atoms with van der Waals surface area (Å²) in [6.07, 6.45) is 10.6. The molecule has 0 saturated carbocycles. The molecule has 9 rings (SSSR count). The smallest absolute Gasteiger partial charge is 0.148 e. The van der Waals surface area contributed by atoms with E-state index in [1.807, 2.05) is 11.3 Å². The van der Waals surface area contributed by atoms with Crippen LogP contribution in [0.4, 0.5) is 5.69 Å². The van der Waals surface area contributed by atoms with Gasteiger partial charge in [-0.3, -0.25) is 9.56 Å². The van der Waals surface area contributed by atoms with Gasteiger partial charge in [0, 0.05) is 48.5 Å². The first-order chi connectivity index (χ1) is 20.3. The third-order valence-electron chi connectivity index (χ3n) is 8.34. The van der Waals surface area contributed by atoms with Crippen molar-refractivity contribution in [2.45, 2.75) is 12.2 Å². The van der Waals surface area contributed by atoms with Crippen LogP contribution in [-0.2, 0) is 0 Å². The number of benzene rings is 4. The average Bonchev–Trinajstić information content (AvgIpc) is 3.71. The molecular formula is C36H24N4S. The predicted molar refractivity (Wildman–Crippen MR) is 173 cm³/mol. The summed E-state index contributed by atoms with van der Waals surface area (Å²) in [5, 5.41) is 4.96. The SMILES string of the molecule is C1=CC2=NC(c3ccccc3)N(c3ccc(-n4c5ccccc5c5c6sc7ccccc7c6cnc54)cc3)C2C=C1. The number of hydrogen-bond donors (Lipinski definition) is 0. The van der Waals surface area contributed by atoms with Gasteiger partial charge in [0.15, 0.2) is 0 Å². The molecule has 2 atom stereocenters. The van der Waals surface area contributed by atoms with Crippen LogP contribution in [0.5, 0.6) is 0 Å². The van der Waals surface area contributed by atoms with Gasteiger partial charge < -0.3 is 4.90 Å². The maximum absolute atomic E-state index is 5.13. The number of nitrogens with zero attached hydrogens (tertiary/aromatic N) is 4. The Bertz CT molecular complexity index is 2220. The van der Waals surface area contributed by atoms with Gasteiger partial charge in [0.25, 0.3) is 0 Å². The summed E-state index contributed by atoms with van der Waals surface area (Å²) in [5.74, 6) is 0. The summed E-state index contributed by atoms with van der Waals surface area (Å²) in [7, 11) is 0. The van der Waals surface area contributed by atoms with E-state index in [0.717, 1.165) is 22.7 Å². The summed E-state index contributed by atoms with van der Waals surface area (Å²) in [5.41, 5.74) is 6.70. The maximum Gasteiger partial charge on any atom is 0.148 e. The highest BCUT2D eigenvalue weighted by molar-refractivity contribution is 7.26. The molecule has 194 valence electrons. The van der Waals surface area contributed by atoms with Gasteiger partial charge in [0.1, 0.15) is 11.8 Å². The van der Waals surface area contributed by atoms with Gasteiger partial charge in [-0.05, 0) is 48.0 Å². The number of para-hydroxylation sites is 1. The second-order valence-corrected chi connectivity index (χ2v) is 11.7. The highest BCUT2D eigenvalue weighted by atomic mass is 32.1. The van der Waals surface area contributed by atoms with Crippen LogP contribution in [0.15, 0.2) is 139 Å². The monoisotopic (exact) mass is 544 g/mol. The summed E-state index contributed by atoms with van der Waals surface area (Å²) in [6, 6.07) is 36.9. The van der Waals surface area contributed by atoms with Crippen LogP contribution in [0.1, 0.15) is 11.7 Å². The number of thiophene rings is 1. The molecule has 1 aliphatic heterocycles. The Kier molecular flexibility index (Phi) is 4.86. The fraction of sp³-hybridized carbons (Fsp3) is 0.0556. The first-order valence-corrected chi connectivity index (χ1v) is 14.7. The largest absolute Gasteiger partial charge is 0.334 e. The second-order valence-electron chi connectivity index (χ2n) is 10.6. The van der Waals surface area contributed by atoms with Crippen LogP contribution in [0, 0.1) is 0 Å². The van der Waals surface area contributed by atoms with E-state index >= 15 is 0 Å². The Morgan fingerprint density at radius 1 is 0.683 bits per heavy atom. The number of fused-ring (bicyclic) bond motifs is 8. The zero-order valence-electron chi connectivity index (χ0n) is 22.1. The zero-order chi connectivity index (χ0) is 26.9. The summed E-state index contributed by atoms with van der Waals surface area (Å²) < 4.78 is 4.90. The Hall–Kier alpha value is -5.00. The molecule has 2 aliphatic rings. The molecule has 0 N–H and O–H groups in total. The third kappa shape index (κ3) is 3.33. The number of aromatic nitrogens is 2. The molecule has 1 aliphatic carbocycles. The molecule has 0 spiro atoms. The lowest BCUT2D eigenvalue weighted by Crippen LogP contribution is -2.35. The van der Waals surface area contributed by atoms with Gasteiger partial charge in [0.2, 0.25) is 0 Å². The van der Waals surface area contributed by atoms with Crippen LogP contribution in [0.2, 0.25) is 0 Å². The quantitative estimate of drug-likeness (QED) is 0.222. The molecule has 5 heteroatoms. The number of allylic oxidation sites excluding steroid dienone is 2. The molecule has 7 aromatic rings. The lowest BCUT2D eigenvalue weighted by atomic mass is 10.0. The number of hydrogen-bond acceptors (Lipinski definition) is 4. The molecular weight excluding hydrogens is 520 g/mol. The van der Waals surface area contributed by atoms with Crippen molar-refractivity contribution >= 4 is 64.8 Å². The van der Waals surface area contributed by atoms with E-state index in [1.54, 1.807) is 0 Å². The molecule has 0 bridgehead atoms. The van der Waals surface area contributed by atoms with E-state index in [1.165, 1.54) is 42.0 Å². The second kappa shape index (κ2) is 8.75. The van der Waals surface area contributed by atoms with E-state index in [9.17, 15) is 0 Å². The molecule has 41 heavy (non-hydrogen) atoms. The van der Waals surface area contributed by atoms with E-state index in [-0.39, 0.29) is 12.2 Å². The van der Waals surface area contributed by atoms with E-state index in [2.05, 4.69) is 143 Å². The standard InChI is InChI=1S/C36H24N4S/c1-2-10-23(11-3-1)35-38-29-14-6-8-16-31(29)40(35)25-20-18-24(19-21-25)39-30-15-7-4-13-27(30)33-34-28(22-37-36(33)39)26-12-5-9-17-32(26)41-34/h1-22,31,35H. The van der Waals surface area contributed by atoms with Gasteiger partial charge >= 0.3 is 0 Å². The van der Waals surface area contributed by atoms with E-state index < -0.39 is 0 Å². The van der Waals surface area contributed by atoms with Crippen molar-refractivity contribution in [2.24, 2.45) is 4.99 Å². The van der Waals surface area contributed by atoms with Crippen LogP contribution in [-0.4, -0.2) is 21.3 Å². The maximum atomic E-state index is 5.13. The lowest BCUT2D eigenvalue weighted by Gasteiger charge is -2.31. The molecule has 0 saturated heterocycles. The molecule has 4 aromatic carbocycles. The molecule has 3 aromatic heterocycles. The number of anilines is 1. The Morgan fingerprint density at radius 2 is 1.44 bits per heavy atom. The molecule has 0 radical (unpaired) electrons. The highest BCUT2D eigenvalue weighted by Gasteiger charge is 2.35. The first-order valence-electron chi connectivity index (χ1n) is 13.9. The molecule has 4 nitrogen and oxygen atoms in total. The number of aliphatic imine (C=N–C) groups is 1. The van der Waals surface area contributed by atoms with Crippen LogP contribution < -0.4 is 4.90 Å². The third-order valence-corrected chi connectivity index (χ3v) is 9.54. The van der Waals surface area contributed by atoms with Crippen molar-refractivity contribution in [3.05, 3.63) is 139 Å². The number of pyridine rings is 1. The van der Waals surface area contributed by atoms with E-state index in [0.29, 0.717) is 0 Å². The van der Waals surface area contributed by atoms with Crippen LogP contribution in [0.3, 0.4) is 0 Å². The fourth-order valence-electron chi connectivity index (χ4n) is 6.51. The minimum atomic E-state index is -0.0643. The lowest BCUT2D eigenvalue weighted by molar-refractivity contribution is 0.696. The normalized spacial score (nSPS) is 18.1. The molecule has 4 heterocycles. The van der Waals surface area contributed by atoms with Crippen molar-refractivity contribution in [3.63, 3.8) is 0 Å². The Morgan fingerprint density at radius 3 is 2.32 bits per heavy atom. The van der Waals surface area contributed by atoms with Gasteiger partial charge in [0.05, 0.1) is 17.3 Å². The van der Waals surface area contributed by atoms with Crippen molar-refractivity contribution in [1.29, 1.82) is 0 Å². The van der Waals surface area contributed by atoms with Crippen molar-refractivity contribution < 1.29 is 0 Å². The van der Waals surface area contributed by atoms with E-state index in [4.69, 9.17) is 9.98 Å². The zero-order valence-corrected chi connectivity index (χ0v) is 22.9. The Labute approximate surface area is 240 Å². The van der Waals surface area contributed by atoms with Gasteiger partial charge in [-0.25, -0.2) is 4.98 Å². The van der Waals surface area contributed by atoms with Gasteiger partial charge in [-0.15, -0.1) is 11.3 Å². The Balaban J connectivity index is 1.21. The topological polar surface area (TPSA) is 33.4 Å². The van der Waals surface area contributed by atoms with Crippen molar-refractivity contribution in [1.82, 2.24) is 9.55 Å². The minimum absolute atomic E-state index is 0.0643. The summed E-state index contributed by atoms with van der Waals surface area (Å²) in [6.45, 7) is 0. The van der Waals surface area contributed by atoms with Crippen LogP contribution >= 0.6 is 11.3 Å². The first kappa shape index (κ1) is 22.8. The van der Waals surface area contributed by atoms with Crippen LogP contribution in [0.25, 0.3) is 47.8 Å². The molecule has 0 amide bonds. The van der Waals surface area contributed by atoms with Crippen molar-refractivity contribution in [3.8, 4) is 5.69 Å². The van der Waals surface area contributed by atoms with Gasteiger partial charge in [-0.1, -0.05) is 85.0 Å². The fourth-order valence-corrected chi connectivity index (χ4v) is 7.74. The summed E-state index contributed by atoms with van der Waals surface area (Å²) >= 11 is 1.86. The van der Waals surface area contributed by atoms with Gasteiger partial charge in [-0.2, -0.15) is 0 Å². The summed E-state index contributed by atoms with van der Waals surface area (Å²) in [4.78, 5) is 12.6.